The summed E-state index contributed by atoms with van der Waals surface area (Å²) in [5, 5.41) is 2.93. The van der Waals surface area contributed by atoms with Crippen LogP contribution in [0, 0.1) is 11.8 Å². The Labute approximate surface area is 98.6 Å². The van der Waals surface area contributed by atoms with Crippen LogP contribution >= 0.6 is 0 Å². The predicted molar refractivity (Wildman–Crippen MR) is 65.3 cm³/mol. The van der Waals surface area contributed by atoms with Gasteiger partial charge in [0.2, 0.25) is 0 Å². The molecule has 0 bridgehead atoms. The highest BCUT2D eigenvalue weighted by atomic mass is 16.2. The quantitative estimate of drug-likeness (QED) is 0.785. The summed E-state index contributed by atoms with van der Waals surface area (Å²) in [5.41, 5.74) is 0. The minimum atomic E-state index is 0.156. The maximum absolute atomic E-state index is 11.6. The monoisotopic (exact) mass is 224 g/mol. The lowest BCUT2D eigenvalue weighted by Gasteiger charge is -2.34. The van der Waals surface area contributed by atoms with Crippen LogP contribution in [0.5, 0.6) is 0 Å². The van der Waals surface area contributed by atoms with Crippen LogP contribution in [0.3, 0.4) is 0 Å². The van der Waals surface area contributed by atoms with E-state index in [1.54, 1.807) is 0 Å². The van der Waals surface area contributed by atoms with Crippen molar-refractivity contribution < 1.29 is 4.79 Å². The smallest absolute Gasteiger partial charge is 0.317 e. The summed E-state index contributed by atoms with van der Waals surface area (Å²) in [7, 11) is 0. The van der Waals surface area contributed by atoms with E-state index in [2.05, 4.69) is 12.2 Å². The number of urea groups is 1. The first kappa shape index (κ1) is 11.7. The molecule has 1 N–H and O–H groups in total. The van der Waals surface area contributed by atoms with Gasteiger partial charge in [0.1, 0.15) is 0 Å². The first-order valence-corrected chi connectivity index (χ1v) is 6.82. The van der Waals surface area contributed by atoms with Crippen molar-refractivity contribution in [2.75, 3.05) is 19.6 Å². The van der Waals surface area contributed by atoms with Gasteiger partial charge in [-0.1, -0.05) is 26.2 Å². The van der Waals surface area contributed by atoms with Gasteiger partial charge in [-0.2, -0.15) is 0 Å². The molecule has 1 heterocycles. The molecule has 2 rings (SSSR count). The van der Waals surface area contributed by atoms with Crippen molar-refractivity contribution in [2.45, 2.75) is 45.4 Å². The molecular formula is C13H24N2O. The summed E-state index contributed by atoms with van der Waals surface area (Å²) in [6.45, 7) is 5.10. The van der Waals surface area contributed by atoms with Gasteiger partial charge in [-0.05, 0) is 31.1 Å². The van der Waals surface area contributed by atoms with Crippen LogP contribution in [0.25, 0.3) is 0 Å². The largest absolute Gasteiger partial charge is 0.338 e. The Bertz CT molecular complexity index is 234. The molecule has 2 amide bonds. The normalized spacial score (nSPS) is 31.3. The number of nitrogens with zero attached hydrogens (tertiary/aromatic N) is 1. The molecule has 0 atom stereocenters. The SMILES string of the molecule is CCC1CCC(CN2CCCNC2=O)CC1. The topological polar surface area (TPSA) is 32.3 Å². The van der Waals surface area contributed by atoms with E-state index in [0.29, 0.717) is 0 Å². The molecule has 1 saturated heterocycles. The van der Waals surface area contributed by atoms with E-state index in [-0.39, 0.29) is 6.03 Å². The first-order valence-electron chi connectivity index (χ1n) is 6.82. The molecule has 0 aromatic heterocycles. The molecular weight excluding hydrogens is 200 g/mol. The van der Waals surface area contributed by atoms with Crippen LogP contribution in [-0.2, 0) is 0 Å². The lowest BCUT2D eigenvalue weighted by atomic mass is 9.80. The zero-order valence-electron chi connectivity index (χ0n) is 10.4. The molecule has 3 nitrogen and oxygen atoms in total. The van der Waals surface area contributed by atoms with Crippen LogP contribution in [0.15, 0.2) is 0 Å². The summed E-state index contributed by atoms with van der Waals surface area (Å²) in [6, 6.07) is 0.156. The van der Waals surface area contributed by atoms with Crippen LogP contribution in [0.1, 0.15) is 45.4 Å². The maximum atomic E-state index is 11.6. The minimum Gasteiger partial charge on any atom is -0.338 e. The number of amides is 2. The molecule has 1 aliphatic carbocycles. The van der Waals surface area contributed by atoms with Crippen LogP contribution in [0.4, 0.5) is 4.79 Å². The summed E-state index contributed by atoms with van der Waals surface area (Å²) >= 11 is 0. The van der Waals surface area contributed by atoms with Gasteiger partial charge in [0, 0.05) is 19.6 Å². The Morgan fingerprint density at radius 3 is 2.56 bits per heavy atom. The number of carbonyl (C=O) groups is 1. The zero-order valence-corrected chi connectivity index (χ0v) is 10.4. The third-order valence-corrected chi connectivity index (χ3v) is 4.19. The molecule has 92 valence electrons. The number of hydrogen-bond donors (Lipinski definition) is 1. The molecule has 0 aromatic carbocycles. The van der Waals surface area contributed by atoms with Crippen molar-refractivity contribution >= 4 is 6.03 Å². The highest BCUT2D eigenvalue weighted by molar-refractivity contribution is 5.74. The van der Waals surface area contributed by atoms with Gasteiger partial charge in [-0.15, -0.1) is 0 Å². The molecule has 0 aromatic rings. The third-order valence-electron chi connectivity index (χ3n) is 4.19. The molecule has 1 saturated carbocycles. The van der Waals surface area contributed by atoms with E-state index in [1.165, 1.54) is 32.1 Å². The fourth-order valence-electron chi connectivity index (χ4n) is 2.99. The number of carbonyl (C=O) groups excluding carboxylic acids is 1. The molecule has 3 heteroatoms. The summed E-state index contributed by atoms with van der Waals surface area (Å²) < 4.78 is 0. The molecule has 0 unspecified atom stereocenters. The molecule has 2 fully saturated rings. The van der Waals surface area contributed by atoms with Crippen molar-refractivity contribution in [2.24, 2.45) is 11.8 Å². The standard InChI is InChI=1S/C13H24N2O/c1-2-11-4-6-12(7-5-11)10-15-9-3-8-14-13(15)16/h11-12H,2-10H2,1H3,(H,14,16). The predicted octanol–water partition coefficient (Wildman–Crippen LogP) is 2.62. The van der Waals surface area contributed by atoms with E-state index in [4.69, 9.17) is 0 Å². The fraction of sp³-hybridized carbons (Fsp3) is 0.923. The highest BCUT2D eigenvalue weighted by Gasteiger charge is 2.25. The lowest BCUT2D eigenvalue weighted by Crippen LogP contribution is -2.48. The van der Waals surface area contributed by atoms with E-state index >= 15 is 0 Å². The Morgan fingerprint density at radius 2 is 1.94 bits per heavy atom. The average molecular weight is 224 g/mol. The van der Waals surface area contributed by atoms with Crippen molar-refractivity contribution in [1.82, 2.24) is 10.2 Å². The van der Waals surface area contributed by atoms with Gasteiger partial charge in [-0.25, -0.2) is 4.79 Å². The summed E-state index contributed by atoms with van der Waals surface area (Å²) in [4.78, 5) is 13.6. The molecule has 2 aliphatic rings. The molecule has 0 radical (unpaired) electrons. The van der Waals surface area contributed by atoms with E-state index in [9.17, 15) is 4.79 Å². The fourth-order valence-corrected chi connectivity index (χ4v) is 2.99. The number of rotatable bonds is 3. The molecule has 0 spiro atoms. The first-order chi connectivity index (χ1) is 7.79. The Kier molecular flexibility index (Phi) is 4.08. The second kappa shape index (κ2) is 5.55. The van der Waals surface area contributed by atoms with Gasteiger partial charge < -0.3 is 10.2 Å². The van der Waals surface area contributed by atoms with E-state index < -0.39 is 0 Å². The summed E-state index contributed by atoms with van der Waals surface area (Å²) in [5.74, 6) is 1.71. The summed E-state index contributed by atoms with van der Waals surface area (Å²) in [6.07, 6.45) is 7.82. The van der Waals surface area contributed by atoms with Crippen LogP contribution in [0.2, 0.25) is 0 Å². The zero-order chi connectivity index (χ0) is 11.4. The number of nitrogens with one attached hydrogen (secondary N) is 1. The Balaban J connectivity index is 1.75. The second-order valence-electron chi connectivity index (χ2n) is 5.33. The van der Waals surface area contributed by atoms with Crippen molar-refractivity contribution in [3.63, 3.8) is 0 Å². The van der Waals surface area contributed by atoms with E-state index in [1.807, 2.05) is 4.90 Å². The second-order valence-corrected chi connectivity index (χ2v) is 5.33. The van der Waals surface area contributed by atoms with Crippen molar-refractivity contribution in [3.05, 3.63) is 0 Å². The van der Waals surface area contributed by atoms with Crippen molar-refractivity contribution in [3.8, 4) is 0 Å². The van der Waals surface area contributed by atoms with E-state index in [0.717, 1.165) is 37.9 Å². The van der Waals surface area contributed by atoms with Gasteiger partial charge in [0.05, 0.1) is 0 Å². The number of hydrogen-bond acceptors (Lipinski definition) is 1. The van der Waals surface area contributed by atoms with Gasteiger partial charge >= 0.3 is 6.03 Å². The van der Waals surface area contributed by atoms with Gasteiger partial charge in [-0.3, -0.25) is 0 Å². The lowest BCUT2D eigenvalue weighted by molar-refractivity contribution is 0.158. The van der Waals surface area contributed by atoms with Crippen molar-refractivity contribution in [1.29, 1.82) is 0 Å². The molecule has 1 aliphatic heterocycles. The third kappa shape index (κ3) is 2.89. The van der Waals surface area contributed by atoms with Gasteiger partial charge in [0.15, 0.2) is 0 Å². The minimum absolute atomic E-state index is 0.156. The highest BCUT2D eigenvalue weighted by Crippen LogP contribution is 2.31. The van der Waals surface area contributed by atoms with Crippen LogP contribution < -0.4 is 5.32 Å². The Hall–Kier alpha value is -0.730. The molecule has 16 heavy (non-hydrogen) atoms. The Morgan fingerprint density at radius 1 is 1.25 bits per heavy atom. The average Bonchev–Trinajstić information content (AvgIpc) is 2.33. The van der Waals surface area contributed by atoms with Gasteiger partial charge in [0.25, 0.3) is 0 Å². The maximum Gasteiger partial charge on any atom is 0.317 e. The van der Waals surface area contributed by atoms with Crippen LogP contribution in [-0.4, -0.2) is 30.6 Å².